The summed E-state index contributed by atoms with van der Waals surface area (Å²) < 4.78 is 4.99. The molecule has 0 saturated carbocycles. The predicted octanol–water partition coefficient (Wildman–Crippen LogP) is 2.24. The van der Waals surface area contributed by atoms with Gasteiger partial charge in [0, 0.05) is 5.69 Å². The van der Waals surface area contributed by atoms with Gasteiger partial charge in [-0.2, -0.15) is 0 Å². The first-order chi connectivity index (χ1) is 7.20. The molecule has 0 radical (unpaired) electrons. The van der Waals surface area contributed by atoms with Crippen LogP contribution in [0.5, 0.6) is 0 Å². The van der Waals surface area contributed by atoms with Crippen LogP contribution in [0, 0.1) is 0 Å². The number of esters is 1. The molecule has 0 aliphatic rings. The van der Waals surface area contributed by atoms with Crippen molar-refractivity contribution in [3.05, 3.63) is 29.8 Å². The van der Waals surface area contributed by atoms with E-state index in [0.29, 0.717) is 12.3 Å². The number of benzene rings is 1. The molecule has 0 spiro atoms. The number of nitrogen functional groups attached to an aromatic ring is 1. The van der Waals surface area contributed by atoms with E-state index in [1.807, 2.05) is 24.5 Å². The van der Waals surface area contributed by atoms with Gasteiger partial charge in [-0.05, 0) is 24.8 Å². The standard InChI is InChI=1S/C11H15NO2S/c1-3-14-11(13)10(15-2)8-6-4-5-7-9(8)12/h4-7,10H,3,12H2,1-2H3. The number of nitrogens with two attached hydrogens (primary N) is 1. The highest BCUT2D eigenvalue weighted by Crippen LogP contribution is 2.31. The van der Waals surface area contributed by atoms with Gasteiger partial charge < -0.3 is 10.5 Å². The lowest BCUT2D eigenvalue weighted by Crippen LogP contribution is -2.14. The molecule has 0 saturated heterocycles. The van der Waals surface area contributed by atoms with Crippen LogP contribution in [-0.4, -0.2) is 18.8 Å². The van der Waals surface area contributed by atoms with Crippen molar-refractivity contribution in [1.29, 1.82) is 0 Å². The van der Waals surface area contributed by atoms with Crippen molar-refractivity contribution in [3.8, 4) is 0 Å². The van der Waals surface area contributed by atoms with Gasteiger partial charge in [-0.25, -0.2) is 0 Å². The highest BCUT2D eigenvalue weighted by molar-refractivity contribution is 7.99. The molecule has 0 aliphatic carbocycles. The van der Waals surface area contributed by atoms with Crippen molar-refractivity contribution < 1.29 is 9.53 Å². The number of carbonyl (C=O) groups is 1. The molecule has 0 amide bonds. The van der Waals surface area contributed by atoms with Gasteiger partial charge in [0.2, 0.25) is 0 Å². The number of carbonyl (C=O) groups excluding carboxylic acids is 1. The van der Waals surface area contributed by atoms with Crippen molar-refractivity contribution in [1.82, 2.24) is 0 Å². The molecule has 4 heteroatoms. The molecule has 0 bridgehead atoms. The summed E-state index contributed by atoms with van der Waals surface area (Å²) in [6.45, 7) is 2.19. The number of anilines is 1. The van der Waals surface area contributed by atoms with Gasteiger partial charge in [0.05, 0.1) is 6.61 Å². The van der Waals surface area contributed by atoms with Crippen molar-refractivity contribution in [2.24, 2.45) is 0 Å². The van der Waals surface area contributed by atoms with E-state index in [1.165, 1.54) is 11.8 Å². The van der Waals surface area contributed by atoms with Crippen LogP contribution in [0.1, 0.15) is 17.7 Å². The van der Waals surface area contributed by atoms with Crippen LogP contribution in [0.2, 0.25) is 0 Å². The van der Waals surface area contributed by atoms with Gasteiger partial charge in [-0.1, -0.05) is 18.2 Å². The molecule has 1 aromatic rings. The summed E-state index contributed by atoms with van der Waals surface area (Å²) in [7, 11) is 0. The first-order valence-corrected chi connectivity index (χ1v) is 6.03. The molecular weight excluding hydrogens is 210 g/mol. The number of para-hydroxylation sites is 1. The maximum atomic E-state index is 11.6. The summed E-state index contributed by atoms with van der Waals surface area (Å²) in [5.74, 6) is -0.233. The van der Waals surface area contributed by atoms with E-state index < -0.39 is 0 Å². The Bertz CT molecular complexity index is 341. The third kappa shape index (κ3) is 2.89. The number of hydrogen-bond donors (Lipinski definition) is 1. The maximum absolute atomic E-state index is 11.6. The first kappa shape index (κ1) is 11.9. The molecule has 1 rings (SSSR count). The van der Waals surface area contributed by atoms with E-state index in [4.69, 9.17) is 10.5 Å². The Balaban J connectivity index is 2.92. The molecule has 82 valence electrons. The molecule has 0 heterocycles. The average Bonchev–Trinajstić information content (AvgIpc) is 2.22. The summed E-state index contributed by atoms with van der Waals surface area (Å²) in [6.07, 6.45) is 1.87. The minimum absolute atomic E-state index is 0.233. The molecule has 0 aromatic heterocycles. The fourth-order valence-corrected chi connectivity index (χ4v) is 2.05. The summed E-state index contributed by atoms with van der Waals surface area (Å²) in [5, 5.41) is -0.328. The van der Waals surface area contributed by atoms with E-state index in [-0.39, 0.29) is 11.2 Å². The number of thioether (sulfide) groups is 1. The van der Waals surface area contributed by atoms with Crippen molar-refractivity contribution >= 4 is 23.4 Å². The second kappa shape index (κ2) is 5.66. The van der Waals surface area contributed by atoms with Gasteiger partial charge in [0.25, 0.3) is 0 Å². The molecule has 1 atom stereocenters. The zero-order valence-corrected chi connectivity index (χ0v) is 9.71. The fraction of sp³-hybridized carbons (Fsp3) is 0.364. The number of ether oxygens (including phenoxy) is 1. The molecule has 0 aliphatic heterocycles. The second-order valence-corrected chi connectivity index (χ2v) is 3.94. The Morgan fingerprint density at radius 3 is 2.73 bits per heavy atom. The Kier molecular flexibility index (Phi) is 4.49. The van der Waals surface area contributed by atoms with Crippen LogP contribution in [0.25, 0.3) is 0 Å². The monoisotopic (exact) mass is 225 g/mol. The van der Waals surface area contributed by atoms with Gasteiger partial charge in [-0.3, -0.25) is 4.79 Å². The number of rotatable bonds is 4. The second-order valence-electron chi connectivity index (χ2n) is 3.00. The maximum Gasteiger partial charge on any atom is 0.323 e. The highest BCUT2D eigenvalue weighted by atomic mass is 32.2. The van der Waals surface area contributed by atoms with Gasteiger partial charge >= 0.3 is 5.97 Å². The third-order valence-corrected chi connectivity index (χ3v) is 2.93. The van der Waals surface area contributed by atoms with E-state index in [9.17, 15) is 4.79 Å². The molecule has 15 heavy (non-hydrogen) atoms. The van der Waals surface area contributed by atoms with Gasteiger partial charge in [0.15, 0.2) is 0 Å². The zero-order valence-electron chi connectivity index (χ0n) is 8.90. The summed E-state index contributed by atoms with van der Waals surface area (Å²) in [5.41, 5.74) is 7.26. The normalized spacial score (nSPS) is 12.1. The zero-order chi connectivity index (χ0) is 11.3. The molecule has 0 fully saturated rings. The fourth-order valence-electron chi connectivity index (χ4n) is 1.32. The predicted molar refractivity (Wildman–Crippen MR) is 63.7 cm³/mol. The van der Waals surface area contributed by atoms with Crippen LogP contribution in [0.4, 0.5) is 5.69 Å². The lowest BCUT2D eigenvalue weighted by atomic mass is 10.1. The van der Waals surface area contributed by atoms with Crippen molar-refractivity contribution in [2.75, 3.05) is 18.6 Å². The van der Waals surface area contributed by atoms with Crippen molar-refractivity contribution in [2.45, 2.75) is 12.2 Å². The highest BCUT2D eigenvalue weighted by Gasteiger charge is 2.22. The van der Waals surface area contributed by atoms with Crippen LogP contribution in [0.15, 0.2) is 24.3 Å². The minimum Gasteiger partial charge on any atom is -0.465 e. The SMILES string of the molecule is CCOC(=O)C(SC)c1ccccc1N. The van der Waals surface area contributed by atoms with E-state index in [0.717, 1.165) is 5.56 Å². The van der Waals surface area contributed by atoms with Crippen LogP contribution in [0.3, 0.4) is 0 Å². The van der Waals surface area contributed by atoms with Crippen molar-refractivity contribution in [3.63, 3.8) is 0 Å². The Morgan fingerprint density at radius 1 is 1.53 bits per heavy atom. The Labute approximate surface area is 94.0 Å². The third-order valence-electron chi connectivity index (χ3n) is 2.01. The van der Waals surface area contributed by atoms with E-state index in [2.05, 4.69) is 0 Å². The van der Waals surface area contributed by atoms with E-state index in [1.54, 1.807) is 13.0 Å². The minimum atomic E-state index is -0.328. The number of hydrogen-bond acceptors (Lipinski definition) is 4. The quantitative estimate of drug-likeness (QED) is 0.630. The largest absolute Gasteiger partial charge is 0.465 e. The molecule has 1 aromatic carbocycles. The van der Waals surface area contributed by atoms with Crippen LogP contribution < -0.4 is 5.73 Å². The summed E-state index contributed by atoms with van der Waals surface area (Å²) >= 11 is 1.43. The molecule has 3 nitrogen and oxygen atoms in total. The lowest BCUT2D eigenvalue weighted by Gasteiger charge is -2.15. The van der Waals surface area contributed by atoms with Gasteiger partial charge in [-0.15, -0.1) is 11.8 Å². The topological polar surface area (TPSA) is 52.3 Å². The first-order valence-electron chi connectivity index (χ1n) is 4.74. The smallest absolute Gasteiger partial charge is 0.323 e. The molecule has 1 unspecified atom stereocenters. The molecular formula is C11H15NO2S. The lowest BCUT2D eigenvalue weighted by molar-refractivity contribution is -0.142. The average molecular weight is 225 g/mol. The Morgan fingerprint density at radius 2 is 2.20 bits per heavy atom. The van der Waals surface area contributed by atoms with Crippen LogP contribution in [-0.2, 0) is 9.53 Å². The summed E-state index contributed by atoms with van der Waals surface area (Å²) in [4.78, 5) is 11.6. The van der Waals surface area contributed by atoms with Crippen LogP contribution >= 0.6 is 11.8 Å². The summed E-state index contributed by atoms with van der Waals surface area (Å²) in [6, 6.07) is 7.36. The van der Waals surface area contributed by atoms with Gasteiger partial charge in [0.1, 0.15) is 5.25 Å². The Hall–Kier alpha value is -1.16. The van der Waals surface area contributed by atoms with E-state index >= 15 is 0 Å². The molecule has 2 N–H and O–H groups in total.